The van der Waals surface area contributed by atoms with Crippen LogP contribution in [0.15, 0.2) is 12.1 Å². The van der Waals surface area contributed by atoms with Gasteiger partial charge in [0.15, 0.2) is 12.4 Å². The predicted octanol–water partition coefficient (Wildman–Crippen LogP) is 2.15. The number of carbonyl (C=O) groups excluding carboxylic acids is 2. The molecule has 2 unspecified atom stereocenters. The molecule has 3 N–H and O–H groups in total. The summed E-state index contributed by atoms with van der Waals surface area (Å²) in [7, 11) is 1.49. The van der Waals surface area contributed by atoms with Gasteiger partial charge in [-0.25, -0.2) is 13.6 Å². The van der Waals surface area contributed by atoms with Crippen LogP contribution in [0.1, 0.15) is 48.5 Å². The van der Waals surface area contributed by atoms with Crippen molar-refractivity contribution < 1.29 is 32.6 Å². The first-order valence-electron chi connectivity index (χ1n) is 10.1. The number of H-pyrrole nitrogens is 1. The van der Waals surface area contributed by atoms with E-state index >= 15 is 0 Å². The van der Waals surface area contributed by atoms with Gasteiger partial charge in [0.1, 0.15) is 17.9 Å². The number of halogens is 2. The van der Waals surface area contributed by atoms with Crippen LogP contribution in [0.5, 0.6) is 5.88 Å². The molecule has 2 aromatic heterocycles. The normalized spacial score (nSPS) is 21.4. The zero-order valence-electron chi connectivity index (χ0n) is 17.6. The molecule has 2 amide bonds. The lowest BCUT2D eigenvalue weighted by Gasteiger charge is -2.15. The van der Waals surface area contributed by atoms with Gasteiger partial charge in [0, 0.05) is 31.1 Å². The molecule has 1 saturated heterocycles. The molecule has 1 saturated carbocycles. The maximum atomic E-state index is 12.5. The molecule has 2 fully saturated rings. The molecule has 4 rings (SSSR count). The van der Waals surface area contributed by atoms with E-state index in [0.717, 1.165) is 12.8 Å². The number of aromatic nitrogens is 4. The number of nitrogens with zero attached hydrogens (tertiary/aromatic N) is 3. The third kappa shape index (κ3) is 5.33. The second kappa shape index (κ2) is 8.73. The molecule has 174 valence electrons. The Kier molecular flexibility index (Phi) is 6.00. The quantitative estimate of drug-likeness (QED) is 0.557. The molecule has 3 heterocycles. The van der Waals surface area contributed by atoms with E-state index in [1.807, 2.05) is 6.92 Å². The van der Waals surface area contributed by atoms with E-state index in [1.165, 1.54) is 17.8 Å². The molecular weight excluding hydrogens is 430 g/mol. The first-order valence-corrected chi connectivity index (χ1v) is 10.1. The molecule has 0 bridgehead atoms. The highest BCUT2D eigenvalue weighted by Crippen LogP contribution is 2.35. The highest BCUT2D eigenvalue weighted by Gasteiger charge is 2.40. The van der Waals surface area contributed by atoms with E-state index in [4.69, 9.17) is 14.2 Å². The van der Waals surface area contributed by atoms with Crippen molar-refractivity contribution in [3.8, 4) is 5.88 Å². The van der Waals surface area contributed by atoms with Gasteiger partial charge in [-0.1, -0.05) is 0 Å². The van der Waals surface area contributed by atoms with Crippen LogP contribution in [0.4, 0.5) is 19.4 Å². The SMILES string of the molecule is Cn1nc(OCC(F)F)cc1C(=O)Nc1cc(C2CC(OC(=O)NC3(C)CC3)CO2)[nH]n1. The average molecular weight is 454 g/mol. The number of ether oxygens (including phenoxy) is 3. The summed E-state index contributed by atoms with van der Waals surface area (Å²) < 4.78 is 41.7. The van der Waals surface area contributed by atoms with Crippen molar-refractivity contribution in [2.75, 3.05) is 18.5 Å². The van der Waals surface area contributed by atoms with Crippen LogP contribution < -0.4 is 15.4 Å². The van der Waals surface area contributed by atoms with Crippen molar-refractivity contribution in [3.05, 3.63) is 23.5 Å². The zero-order valence-corrected chi connectivity index (χ0v) is 17.6. The highest BCUT2D eigenvalue weighted by molar-refractivity contribution is 6.02. The minimum atomic E-state index is -2.64. The first-order chi connectivity index (χ1) is 15.2. The Bertz CT molecular complexity index is 989. The minimum absolute atomic E-state index is 0.0780. The van der Waals surface area contributed by atoms with Gasteiger partial charge >= 0.3 is 6.09 Å². The van der Waals surface area contributed by atoms with Crippen molar-refractivity contribution in [1.29, 1.82) is 0 Å². The zero-order chi connectivity index (χ0) is 22.9. The molecule has 0 spiro atoms. The molecule has 0 aromatic carbocycles. The Hall–Kier alpha value is -3.22. The van der Waals surface area contributed by atoms with Gasteiger partial charge in [-0.3, -0.25) is 14.6 Å². The van der Waals surface area contributed by atoms with E-state index in [-0.39, 0.29) is 41.7 Å². The third-order valence-electron chi connectivity index (χ3n) is 5.27. The maximum Gasteiger partial charge on any atom is 0.407 e. The Morgan fingerprint density at radius 1 is 1.41 bits per heavy atom. The van der Waals surface area contributed by atoms with Crippen molar-refractivity contribution >= 4 is 17.8 Å². The number of hydrogen-bond acceptors (Lipinski definition) is 7. The van der Waals surface area contributed by atoms with Crippen LogP contribution in [0.2, 0.25) is 0 Å². The Morgan fingerprint density at radius 3 is 2.91 bits per heavy atom. The monoisotopic (exact) mass is 454 g/mol. The van der Waals surface area contributed by atoms with E-state index in [9.17, 15) is 18.4 Å². The summed E-state index contributed by atoms with van der Waals surface area (Å²) in [5.41, 5.74) is 0.572. The fourth-order valence-electron chi connectivity index (χ4n) is 3.26. The summed E-state index contributed by atoms with van der Waals surface area (Å²) in [5, 5.41) is 16.2. The maximum absolute atomic E-state index is 12.5. The molecular formula is C19H24F2N6O5. The summed E-state index contributed by atoms with van der Waals surface area (Å²) in [4.78, 5) is 24.4. The number of carbonyl (C=O) groups is 2. The Labute approximate surface area is 181 Å². The first kappa shape index (κ1) is 22.0. The Balaban J connectivity index is 1.29. The van der Waals surface area contributed by atoms with Crippen molar-refractivity contribution in [1.82, 2.24) is 25.3 Å². The Morgan fingerprint density at radius 2 is 2.19 bits per heavy atom. The fraction of sp³-hybridized carbons (Fsp3) is 0.579. The van der Waals surface area contributed by atoms with Crippen molar-refractivity contribution in [3.63, 3.8) is 0 Å². The topological polar surface area (TPSA) is 132 Å². The summed E-state index contributed by atoms with van der Waals surface area (Å²) in [6.45, 7) is 1.41. The van der Waals surface area contributed by atoms with Crippen molar-refractivity contribution in [2.24, 2.45) is 7.05 Å². The predicted molar refractivity (Wildman–Crippen MR) is 106 cm³/mol. The highest BCUT2D eigenvalue weighted by atomic mass is 19.3. The van der Waals surface area contributed by atoms with Crippen LogP contribution in [0, 0.1) is 0 Å². The number of aryl methyl sites for hydroxylation is 1. The summed E-state index contributed by atoms with van der Waals surface area (Å²) in [5.74, 6) is -0.372. The van der Waals surface area contributed by atoms with Crippen LogP contribution in [-0.2, 0) is 16.5 Å². The second-order valence-corrected chi connectivity index (χ2v) is 8.13. The van der Waals surface area contributed by atoms with Gasteiger partial charge < -0.3 is 24.8 Å². The fourth-order valence-corrected chi connectivity index (χ4v) is 3.26. The number of amides is 2. The number of alkyl halides is 2. The average Bonchev–Trinajstić information content (AvgIpc) is 3.12. The number of anilines is 1. The van der Waals surface area contributed by atoms with Gasteiger partial charge in [0.2, 0.25) is 5.88 Å². The van der Waals surface area contributed by atoms with E-state index in [2.05, 4.69) is 25.9 Å². The van der Waals surface area contributed by atoms with Gasteiger partial charge in [-0.2, -0.15) is 5.10 Å². The lowest BCUT2D eigenvalue weighted by molar-refractivity contribution is 0.0675. The lowest BCUT2D eigenvalue weighted by atomic mass is 10.1. The van der Waals surface area contributed by atoms with Gasteiger partial charge in [0.25, 0.3) is 12.3 Å². The summed E-state index contributed by atoms with van der Waals surface area (Å²) in [6, 6.07) is 2.88. The molecule has 2 aliphatic rings. The largest absolute Gasteiger partial charge is 0.471 e. The smallest absolute Gasteiger partial charge is 0.407 e. The number of alkyl carbamates (subject to hydrolysis) is 1. The number of hydrogen-bond donors (Lipinski definition) is 3. The number of rotatable bonds is 8. The second-order valence-electron chi connectivity index (χ2n) is 8.13. The van der Waals surface area contributed by atoms with Crippen LogP contribution in [-0.4, -0.2) is 63.3 Å². The molecule has 1 aliphatic carbocycles. The molecule has 13 heteroatoms. The summed E-state index contributed by atoms with van der Waals surface area (Å²) in [6.07, 6.45) is -1.51. The van der Waals surface area contributed by atoms with Crippen LogP contribution >= 0.6 is 0 Å². The molecule has 2 aromatic rings. The number of aromatic amines is 1. The standard InChI is InChI=1S/C19H24F2N6O5/c1-19(3-4-19)23-18(29)32-10-5-13(30-8-10)11-6-15(25-24-11)22-17(28)12-7-16(26-27(12)2)31-9-14(20)21/h6-7,10,13-14H,3-5,8-9H2,1-2H3,(H,23,29)(H2,22,24,25,28). The lowest BCUT2D eigenvalue weighted by Crippen LogP contribution is -2.37. The molecule has 0 radical (unpaired) electrons. The number of nitrogens with one attached hydrogen (secondary N) is 3. The molecule has 32 heavy (non-hydrogen) atoms. The molecule has 11 nitrogen and oxygen atoms in total. The van der Waals surface area contributed by atoms with Gasteiger partial charge in [-0.15, -0.1) is 5.10 Å². The van der Waals surface area contributed by atoms with Crippen LogP contribution in [0.25, 0.3) is 0 Å². The van der Waals surface area contributed by atoms with E-state index in [1.54, 1.807) is 6.07 Å². The van der Waals surface area contributed by atoms with E-state index < -0.39 is 25.0 Å². The molecule has 1 aliphatic heterocycles. The van der Waals surface area contributed by atoms with Crippen LogP contribution in [0.3, 0.4) is 0 Å². The van der Waals surface area contributed by atoms with E-state index in [0.29, 0.717) is 12.1 Å². The minimum Gasteiger partial charge on any atom is -0.471 e. The van der Waals surface area contributed by atoms with Gasteiger partial charge in [-0.05, 0) is 19.8 Å². The van der Waals surface area contributed by atoms with Crippen molar-refractivity contribution in [2.45, 2.75) is 50.4 Å². The molecule has 2 atom stereocenters. The van der Waals surface area contributed by atoms with Gasteiger partial charge in [0.05, 0.1) is 12.3 Å². The third-order valence-corrected chi connectivity index (χ3v) is 5.27. The summed E-state index contributed by atoms with van der Waals surface area (Å²) >= 11 is 0.